The van der Waals surface area contributed by atoms with Gasteiger partial charge in [-0.2, -0.15) is 0 Å². The molecule has 0 radical (unpaired) electrons. The molecule has 0 aromatic heterocycles. The van der Waals surface area contributed by atoms with Gasteiger partial charge in [0.05, 0.1) is 21.4 Å². The summed E-state index contributed by atoms with van der Waals surface area (Å²) in [4.78, 5) is 0. The van der Waals surface area contributed by atoms with Gasteiger partial charge in [-0.3, -0.25) is 0 Å². The van der Waals surface area contributed by atoms with E-state index in [1.807, 2.05) is 24.3 Å². The van der Waals surface area contributed by atoms with E-state index in [1.54, 1.807) is 12.1 Å². The zero-order chi connectivity index (χ0) is 12.4. The maximum atomic E-state index is 6.14. The van der Waals surface area contributed by atoms with E-state index >= 15 is 0 Å². The summed E-state index contributed by atoms with van der Waals surface area (Å²) in [6.45, 7) is 0. The minimum Gasteiger partial charge on any atom is -0.398 e. The summed E-state index contributed by atoms with van der Waals surface area (Å²) in [5, 5.41) is 1.13. The van der Waals surface area contributed by atoms with Gasteiger partial charge in [-0.25, -0.2) is 0 Å². The number of halogens is 2. The number of benzene rings is 2. The van der Waals surface area contributed by atoms with E-state index < -0.39 is 0 Å². The van der Waals surface area contributed by atoms with Crippen molar-refractivity contribution >= 4 is 34.6 Å². The average molecular weight is 267 g/mol. The summed E-state index contributed by atoms with van der Waals surface area (Å²) in [6.07, 6.45) is 0.621. The van der Waals surface area contributed by atoms with Gasteiger partial charge in [-0.1, -0.05) is 47.5 Å². The van der Waals surface area contributed by atoms with E-state index in [4.69, 9.17) is 34.7 Å². The van der Waals surface area contributed by atoms with Crippen molar-refractivity contribution in [2.75, 3.05) is 11.5 Å². The third-order valence-corrected chi connectivity index (χ3v) is 3.42. The van der Waals surface area contributed by atoms with Crippen LogP contribution in [0.15, 0.2) is 36.4 Å². The lowest BCUT2D eigenvalue weighted by molar-refractivity contribution is 1.20. The molecule has 0 aliphatic carbocycles. The third kappa shape index (κ3) is 2.48. The molecule has 4 N–H and O–H groups in total. The van der Waals surface area contributed by atoms with Crippen LogP contribution in [0.3, 0.4) is 0 Å². The Labute approximate surface area is 110 Å². The summed E-state index contributed by atoms with van der Waals surface area (Å²) in [7, 11) is 0. The Hall–Kier alpha value is -1.38. The molecule has 2 aromatic rings. The van der Waals surface area contributed by atoms with Crippen molar-refractivity contribution in [2.45, 2.75) is 6.42 Å². The Bertz CT molecular complexity index is 504. The predicted octanol–water partition coefficient (Wildman–Crippen LogP) is 3.75. The van der Waals surface area contributed by atoms with E-state index in [0.717, 1.165) is 11.1 Å². The topological polar surface area (TPSA) is 52.0 Å². The van der Waals surface area contributed by atoms with Gasteiger partial charge in [0.1, 0.15) is 0 Å². The highest BCUT2D eigenvalue weighted by atomic mass is 35.5. The molecule has 2 nitrogen and oxygen atoms in total. The number of hydrogen-bond donors (Lipinski definition) is 2. The first-order valence-corrected chi connectivity index (χ1v) is 5.91. The summed E-state index contributed by atoms with van der Waals surface area (Å²) in [5.74, 6) is 0. The molecular weight excluding hydrogens is 255 g/mol. The highest BCUT2D eigenvalue weighted by molar-refractivity contribution is 6.34. The highest BCUT2D eigenvalue weighted by Crippen LogP contribution is 2.29. The first-order chi connectivity index (χ1) is 8.09. The van der Waals surface area contributed by atoms with Crippen LogP contribution in [0.25, 0.3) is 0 Å². The Balaban J connectivity index is 2.38. The van der Waals surface area contributed by atoms with E-state index in [0.29, 0.717) is 27.8 Å². The zero-order valence-corrected chi connectivity index (χ0v) is 10.6. The molecule has 0 fully saturated rings. The Morgan fingerprint density at radius 2 is 1.53 bits per heavy atom. The maximum absolute atomic E-state index is 6.14. The third-order valence-electron chi connectivity index (χ3n) is 2.63. The van der Waals surface area contributed by atoms with E-state index in [-0.39, 0.29) is 0 Å². The summed E-state index contributed by atoms with van der Waals surface area (Å²) in [6, 6.07) is 11.1. The Morgan fingerprint density at radius 3 is 2.29 bits per heavy atom. The van der Waals surface area contributed by atoms with Gasteiger partial charge in [0.15, 0.2) is 0 Å². The van der Waals surface area contributed by atoms with Crippen molar-refractivity contribution in [1.82, 2.24) is 0 Å². The first kappa shape index (κ1) is 12.1. The Kier molecular flexibility index (Phi) is 3.46. The van der Waals surface area contributed by atoms with Gasteiger partial charge in [0.2, 0.25) is 0 Å². The van der Waals surface area contributed by atoms with Crippen LogP contribution in [0, 0.1) is 0 Å². The lowest BCUT2D eigenvalue weighted by atomic mass is 10.0. The molecule has 0 spiro atoms. The molecule has 88 valence electrons. The van der Waals surface area contributed by atoms with Gasteiger partial charge in [0, 0.05) is 6.42 Å². The molecule has 0 unspecified atom stereocenters. The minimum atomic E-state index is 0.558. The van der Waals surface area contributed by atoms with Crippen LogP contribution in [-0.4, -0.2) is 0 Å². The van der Waals surface area contributed by atoms with Crippen LogP contribution in [-0.2, 0) is 6.42 Å². The number of hydrogen-bond acceptors (Lipinski definition) is 2. The van der Waals surface area contributed by atoms with Crippen molar-refractivity contribution in [3.63, 3.8) is 0 Å². The maximum Gasteiger partial charge on any atom is 0.0670 e. The van der Waals surface area contributed by atoms with Gasteiger partial charge in [0.25, 0.3) is 0 Å². The van der Waals surface area contributed by atoms with Crippen molar-refractivity contribution < 1.29 is 0 Å². The summed E-state index contributed by atoms with van der Waals surface area (Å²) in [5.41, 5.74) is 14.7. The standard InChI is InChI=1S/C13H12Cl2N2/c14-10-5-1-4-9(13(10)17)7-8-3-2-6-11(16)12(8)15/h1-6H,7,16-17H2. The molecule has 4 heteroatoms. The lowest BCUT2D eigenvalue weighted by Crippen LogP contribution is -1.98. The molecule has 0 saturated heterocycles. The van der Waals surface area contributed by atoms with Crippen LogP contribution in [0.4, 0.5) is 11.4 Å². The fourth-order valence-electron chi connectivity index (χ4n) is 1.68. The number of anilines is 2. The van der Waals surface area contributed by atoms with Crippen molar-refractivity contribution in [3.8, 4) is 0 Å². The van der Waals surface area contributed by atoms with Gasteiger partial charge >= 0.3 is 0 Å². The van der Waals surface area contributed by atoms with Gasteiger partial charge < -0.3 is 11.5 Å². The number of nitrogens with two attached hydrogens (primary N) is 2. The van der Waals surface area contributed by atoms with Crippen molar-refractivity contribution in [1.29, 1.82) is 0 Å². The van der Waals surface area contributed by atoms with Crippen LogP contribution in [0.1, 0.15) is 11.1 Å². The predicted molar refractivity (Wildman–Crippen MR) is 74.5 cm³/mol. The van der Waals surface area contributed by atoms with Crippen LogP contribution in [0.5, 0.6) is 0 Å². The largest absolute Gasteiger partial charge is 0.398 e. The Morgan fingerprint density at radius 1 is 0.882 bits per heavy atom. The minimum absolute atomic E-state index is 0.558. The zero-order valence-electron chi connectivity index (χ0n) is 9.08. The second kappa shape index (κ2) is 4.86. The second-order valence-corrected chi connectivity index (χ2v) is 4.59. The lowest BCUT2D eigenvalue weighted by Gasteiger charge is -2.09. The number of para-hydroxylation sites is 1. The molecule has 0 aliphatic rings. The molecule has 2 aromatic carbocycles. The van der Waals surface area contributed by atoms with Crippen LogP contribution in [0.2, 0.25) is 10.0 Å². The van der Waals surface area contributed by atoms with Crippen LogP contribution >= 0.6 is 23.2 Å². The monoisotopic (exact) mass is 266 g/mol. The highest BCUT2D eigenvalue weighted by Gasteiger charge is 2.08. The summed E-state index contributed by atoms with van der Waals surface area (Å²) < 4.78 is 0. The van der Waals surface area contributed by atoms with Crippen LogP contribution < -0.4 is 11.5 Å². The van der Waals surface area contributed by atoms with E-state index in [1.165, 1.54) is 0 Å². The molecule has 0 saturated carbocycles. The normalized spacial score (nSPS) is 10.5. The fraction of sp³-hybridized carbons (Fsp3) is 0.0769. The molecule has 0 heterocycles. The second-order valence-electron chi connectivity index (χ2n) is 3.81. The smallest absolute Gasteiger partial charge is 0.0670 e. The molecule has 0 bridgehead atoms. The summed E-state index contributed by atoms with van der Waals surface area (Å²) >= 11 is 12.1. The fourth-order valence-corrected chi connectivity index (χ4v) is 2.06. The van der Waals surface area contributed by atoms with Crippen molar-refractivity contribution in [3.05, 3.63) is 57.6 Å². The van der Waals surface area contributed by atoms with E-state index in [2.05, 4.69) is 0 Å². The van der Waals surface area contributed by atoms with Gasteiger partial charge in [-0.15, -0.1) is 0 Å². The van der Waals surface area contributed by atoms with Crippen molar-refractivity contribution in [2.24, 2.45) is 0 Å². The molecular formula is C13H12Cl2N2. The molecule has 0 amide bonds. The van der Waals surface area contributed by atoms with Gasteiger partial charge in [-0.05, 0) is 23.3 Å². The average Bonchev–Trinajstić information content (AvgIpc) is 2.31. The molecule has 0 atom stereocenters. The molecule has 2 rings (SSSR count). The quantitative estimate of drug-likeness (QED) is 0.814. The van der Waals surface area contributed by atoms with E-state index in [9.17, 15) is 0 Å². The number of rotatable bonds is 2. The first-order valence-electron chi connectivity index (χ1n) is 5.15. The molecule has 0 aliphatic heterocycles. The molecule has 17 heavy (non-hydrogen) atoms. The SMILES string of the molecule is Nc1cccc(Cc2cccc(Cl)c2N)c1Cl. The number of nitrogen functional groups attached to an aromatic ring is 2.